The van der Waals surface area contributed by atoms with Crippen LogP contribution in [-0.2, 0) is 16.6 Å². The van der Waals surface area contributed by atoms with Gasteiger partial charge >= 0.3 is 0 Å². The summed E-state index contributed by atoms with van der Waals surface area (Å²) in [5.74, 6) is -1.21. The zero-order valence-corrected chi connectivity index (χ0v) is 19.5. The fraction of sp³-hybridized carbons (Fsp3) is 0.211. The normalized spacial score (nSPS) is 13.0. The third-order valence-corrected chi connectivity index (χ3v) is 7.47. The number of sulfonamides is 1. The number of nitrogens with one attached hydrogen (secondary N) is 1. The number of primary amides is 1. The van der Waals surface area contributed by atoms with E-state index < -0.39 is 27.8 Å². The Bertz CT molecular complexity index is 1220. The van der Waals surface area contributed by atoms with Gasteiger partial charge in [0.15, 0.2) is 0 Å². The standard InChI is InChI=1S/C19H17BrCl2FN3O3S/c1-2-12(25-30(28,29)18-15(21)5-10(20)6-16(18)22)8-26-9-14(19(24)27)13-7-11(23)3-4-17(13)26/h3-7,9,12,25H,2,8H2,1H3,(H2,24,27)/t12-/m0/s1. The molecule has 0 saturated heterocycles. The molecule has 0 aliphatic carbocycles. The number of amides is 1. The van der Waals surface area contributed by atoms with Gasteiger partial charge in [0.05, 0.1) is 15.6 Å². The molecule has 1 amide bonds. The number of hydrogen-bond acceptors (Lipinski definition) is 3. The molecule has 0 fully saturated rings. The molecule has 3 N–H and O–H groups in total. The first kappa shape index (κ1) is 23.0. The molecule has 0 unspecified atom stereocenters. The number of benzene rings is 2. The summed E-state index contributed by atoms with van der Waals surface area (Å²) in [5, 5.41) is 0.323. The minimum absolute atomic E-state index is 0.0189. The molecule has 0 radical (unpaired) electrons. The van der Waals surface area contributed by atoms with Crippen molar-refractivity contribution in [1.29, 1.82) is 0 Å². The first-order chi connectivity index (χ1) is 14.0. The number of fused-ring (bicyclic) bond motifs is 1. The van der Waals surface area contributed by atoms with Crippen molar-refractivity contribution in [2.24, 2.45) is 5.73 Å². The number of aromatic nitrogens is 1. The molecule has 6 nitrogen and oxygen atoms in total. The van der Waals surface area contributed by atoms with E-state index in [1.54, 1.807) is 11.5 Å². The van der Waals surface area contributed by atoms with Gasteiger partial charge < -0.3 is 10.3 Å². The van der Waals surface area contributed by atoms with Crippen LogP contribution < -0.4 is 10.5 Å². The number of hydrogen-bond donors (Lipinski definition) is 2. The van der Waals surface area contributed by atoms with Gasteiger partial charge in [0.2, 0.25) is 10.0 Å². The zero-order chi connectivity index (χ0) is 22.2. The maximum Gasteiger partial charge on any atom is 0.250 e. The van der Waals surface area contributed by atoms with Crippen LogP contribution in [0.5, 0.6) is 0 Å². The molecule has 30 heavy (non-hydrogen) atoms. The lowest BCUT2D eigenvalue weighted by Gasteiger charge is -2.19. The number of carbonyl (C=O) groups is 1. The molecule has 1 heterocycles. The molecule has 1 atom stereocenters. The Labute approximate surface area is 191 Å². The summed E-state index contributed by atoms with van der Waals surface area (Å²) in [6.45, 7) is 1.98. The van der Waals surface area contributed by atoms with Gasteiger partial charge in [-0.05, 0) is 36.8 Å². The molecule has 0 aliphatic heterocycles. The fourth-order valence-electron chi connectivity index (χ4n) is 3.17. The van der Waals surface area contributed by atoms with Gasteiger partial charge in [0, 0.05) is 34.2 Å². The van der Waals surface area contributed by atoms with Crippen LogP contribution in [0.4, 0.5) is 4.39 Å². The molecule has 1 aromatic heterocycles. The van der Waals surface area contributed by atoms with E-state index in [2.05, 4.69) is 20.7 Å². The highest BCUT2D eigenvalue weighted by atomic mass is 79.9. The molecule has 3 rings (SSSR count). The van der Waals surface area contributed by atoms with Crippen LogP contribution in [0.3, 0.4) is 0 Å². The molecule has 0 aliphatic rings. The monoisotopic (exact) mass is 535 g/mol. The minimum Gasteiger partial charge on any atom is -0.366 e. The Kier molecular flexibility index (Phi) is 6.78. The van der Waals surface area contributed by atoms with E-state index in [0.29, 0.717) is 21.8 Å². The third-order valence-electron chi connectivity index (χ3n) is 4.57. The lowest BCUT2D eigenvalue weighted by Crippen LogP contribution is -2.37. The minimum atomic E-state index is -4.04. The number of rotatable bonds is 7. The first-order valence-electron chi connectivity index (χ1n) is 8.78. The van der Waals surface area contributed by atoms with Crippen LogP contribution in [-0.4, -0.2) is 24.9 Å². The quantitative estimate of drug-likeness (QED) is 0.458. The smallest absolute Gasteiger partial charge is 0.250 e. The summed E-state index contributed by atoms with van der Waals surface area (Å²) in [6.07, 6.45) is 1.92. The van der Waals surface area contributed by atoms with Gasteiger partial charge in [-0.2, -0.15) is 0 Å². The second-order valence-corrected chi connectivity index (χ2v) is 10.0. The third kappa shape index (κ3) is 4.65. The molecular weight excluding hydrogens is 520 g/mol. The number of nitrogens with zero attached hydrogens (tertiary/aromatic N) is 1. The highest BCUT2D eigenvalue weighted by Gasteiger charge is 2.26. The summed E-state index contributed by atoms with van der Waals surface area (Å²) in [5.41, 5.74) is 6.12. The average Bonchev–Trinajstić information content (AvgIpc) is 2.97. The topological polar surface area (TPSA) is 94.2 Å². The van der Waals surface area contributed by atoms with Crippen molar-refractivity contribution in [3.63, 3.8) is 0 Å². The van der Waals surface area contributed by atoms with Crippen molar-refractivity contribution >= 4 is 66.0 Å². The van der Waals surface area contributed by atoms with E-state index in [0.717, 1.165) is 0 Å². The summed E-state index contributed by atoms with van der Waals surface area (Å²) in [4.78, 5) is 11.5. The van der Waals surface area contributed by atoms with Crippen LogP contribution in [0.2, 0.25) is 10.0 Å². The van der Waals surface area contributed by atoms with Crippen LogP contribution in [0.1, 0.15) is 23.7 Å². The second-order valence-electron chi connectivity index (χ2n) is 6.65. The zero-order valence-electron chi connectivity index (χ0n) is 15.6. The Morgan fingerprint density at radius 2 is 1.90 bits per heavy atom. The summed E-state index contributed by atoms with van der Waals surface area (Å²) < 4.78 is 44.3. The lowest BCUT2D eigenvalue weighted by molar-refractivity contribution is 0.100. The van der Waals surface area contributed by atoms with Crippen molar-refractivity contribution in [1.82, 2.24) is 9.29 Å². The lowest BCUT2D eigenvalue weighted by atomic mass is 10.1. The summed E-state index contributed by atoms with van der Waals surface area (Å²) >= 11 is 15.4. The highest BCUT2D eigenvalue weighted by molar-refractivity contribution is 9.10. The Morgan fingerprint density at radius 1 is 1.27 bits per heavy atom. The van der Waals surface area contributed by atoms with Crippen molar-refractivity contribution in [3.8, 4) is 0 Å². The molecule has 2 aromatic carbocycles. The van der Waals surface area contributed by atoms with Gasteiger partial charge in [0.25, 0.3) is 5.91 Å². The number of nitrogens with two attached hydrogens (primary N) is 1. The van der Waals surface area contributed by atoms with Crippen LogP contribution in [0, 0.1) is 5.82 Å². The van der Waals surface area contributed by atoms with E-state index in [1.807, 2.05) is 0 Å². The van der Waals surface area contributed by atoms with E-state index in [1.165, 1.54) is 36.5 Å². The maximum atomic E-state index is 13.7. The van der Waals surface area contributed by atoms with E-state index in [-0.39, 0.29) is 27.0 Å². The molecule has 0 saturated carbocycles. The van der Waals surface area contributed by atoms with Crippen LogP contribution in [0.25, 0.3) is 10.9 Å². The second kappa shape index (κ2) is 8.84. The Morgan fingerprint density at radius 3 is 2.47 bits per heavy atom. The summed E-state index contributed by atoms with van der Waals surface area (Å²) in [7, 11) is -4.04. The van der Waals surface area contributed by atoms with Crippen molar-refractivity contribution in [2.75, 3.05) is 0 Å². The van der Waals surface area contributed by atoms with E-state index in [4.69, 9.17) is 28.9 Å². The van der Waals surface area contributed by atoms with Gasteiger partial charge in [-0.25, -0.2) is 17.5 Å². The van der Waals surface area contributed by atoms with Gasteiger partial charge in [-0.3, -0.25) is 4.79 Å². The van der Waals surface area contributed by atoms with E-state index in [9.17, 15) is 17.6 Å². The average molecular weight is 537 g/mol. The molecule has 3 aromatic rings. The molecule has 0 spiro atoms. The number of carbonyl (C=O) groups excluding carboxylic acids is 1. The number of halogens is 4. The fourth-order valence-corrected chi connectivity index (χ4v) is 6.42. The molecular formula is C19H17BrCl2FN3O3S. The predicted molar refractivity (Wildman–Crippen MR) is 119 cm³/mol. The van der Waals surface area contributed by atoms with Crippen molar-refractivity contribution in [2.45, 2.75) is 30.8 Å². The summed E-state index contributed by atoms with van der Waals surface area (Å²) in [6, 6.07) is 6.31. The Balaban J connectivity index is 1.96. The van der Waals surface area contributed by atoms with Gasteiger partial charge in [0.1, 0.15) is 10.7 Å². The molecule has 11 heteroatoms. The Hall–Kier alpha value is -1.65. The molecule has 160 valence electrons. The van der Waals surface area contributed by atoms with Gasteiger partial charge in [-0.1, -0.05) is 46.1 Å². The predicted octanol–water partition coefficient (Wildman–Crippen LogP) is 4.71. The van der Waals surface area contributed by atoms with E-state index >= 15 is 0 Å². The first-order valence-corrected chi connectivity index (χ1v) is 11.8. The largest absolute Gasteiger partial charge is 0.366 e. The van der Waals surface area contributed by atoms with Crippen LogP contribution in [0.15, 0.2) is 45.9 Å². The highest BCUT2D eigenvalue weighted by Crippen LogP contribution is 2.33. The van der Waals surface area contributed by atoms with Crippen molar-refractivity contribution < 1.29 is 17.6 Å². The molecule has 0 bridgehead atoms. The maximum absolute atomic E-state index is 13.7. The van der Waals surface area contributed by atoms with Crippen LogP contribution >= 0.6 is 39.1 Å². The van der Waals surface area contributed by atoms with Crippen molar-refractivity contribution in [3.05, 3.63) is 62.4 Å². The SMILES string of the molecule is CC[C@@H](Cn1cc(C(N)=O)c2cc(F)ccc21)NS(=O)(=O)c1c(Cl)cc(Br)cc1Cl. The van der Waals surface area contributed by atoms with Gasteiger partial charge in [-0.15, -0.1) is 0 Å².